The minimum atomic E-state index is 0.260. The molecule has 25 heavy (non-hydrogen) atoms. The van der Waals surface area contributed by atoms with Gasteiger partial charge in [-0.25, -0.2) is 4.98 Å². The quantitative estimate of drug-likeness (QED) is 0.809. The molecule has 2 aliphatic rings. The van der Waals surface area contributed by atoms with Crippen molar-refractivity contribution in [3.8, 4) is 0 Å². The Morgan fingerprint density at radius 3 is 2.96 bits per heavy atom. The Bertz CT molecular complexity index is 711. The molecule has 1 atom stereocenters. The number of amides is 1. The number of nitrogens with zero attached hydrogens (tertiary/aromatic N) is 4. The summed E-state index contributed by atoms with van der Waals surface area (Å²) in [6.07, 6.45) is 10.5. The van der Waals surface area contributed by atoms with Crippen molar-refractivity contribution in [2.24, 2.45) is 11.8 Å². The van der Waals surface area contributed by atoms with Gasteiger partial charge in [0.2, 0.25) is 5.91 Å². The second-order valence-corrected chi connectivity index (χ2v) is 7.16. The van der Waals surface area contributed by atoms with Crippen LogP contribution in [0.4, 0.5) is 0 Å². The van der Waals surface area contributed by atoms with Gasteiger partial charge in [-0.05, 0) is 30.4 Å². The maximum atomic E-state index is 12.6. The highest BCUT2D eigenvalue weighted by molar-refractivity contribution is 5.76. The lowest BCUT2D eigenvalue weighted by Gasteiger charge is -2.24. The predicted octanol–water partition coefficient (Wildman–Crippen LogP) is 2.25. The summed E-state index contributed by atoms with van der Waals surface area (Å²) >= 11 is 0. The third-order valence-corrected chi connectivity index (χ3v) is 4.93. The van der Waals surface area contributed by atoms with Crippen LogP contribution in [0.15, 0.2) is 36.9 Å². The number of hydrogen-bond donors (Lipinski definition) is 0. The Kier molecular flexibility index (Phi) is 4.78. The molecule has 3 heterocycles. The van der Waals surface area contributed by atoms with Gasteiger partial charge in [0, 0.05) is 50.2 Å². The van der Waals surface area contributed by atoms with E-state index in [2.05, 4.69) is 14.5 Å². The summed E-state index contributed by atoms with van der Waals surface area (Å²) in [5, 5.41) is 0. The van der Waals surface area contributed by atoms with Crippen LogP contribution in [-0.4, -0.2) is 38.5 Å². The van der Waals surface area contributed by atoms with Gasteiger partial charge in [-0.15, -0.1) is 0 Å². The number of aromatic nitrogens is 3. The standard InChI is InChI=1S/C19H24N4O2/c24-19(8-15-3-4-15)23-11-17(10-22-7-6-21-18(22)12-23)14-25-13-16-2-1-5-20-9-16/h1-2,5-7,9,15,17H,3-4,8,10-14H2/t17-/m1/s1. The minimum Gasteiger partial charge on any atom is -0.376 e. The van der Waals surface area contributed by atoms with Gasteiger partial charge >= 0.3 is 0 Å². The third kappa shape index (κ3) is 4.25. The predicted molar refractivity (Wildman–Crippen MR) is 92.4 cm³/mol. The van der Waals surface area contributed by atoms with E-state index in [9.17, 15) is 4.79 Å². The molecule has 1 amide bonds. The van der Waals surface area contributed by atoms with E-state index in [1.807, 2.05) is 35.6 Å². The second-order valence-electron chi connectivity index (χ2n) is 7.16. The molecule has 2 aromatic heterocycles. The van der Waals surface area contributed by atoms with Crippen molar-refractivity contribution in [1.82, 2.24) is 19.4 Å². The fourth-order valence-corrected chi connectivity index (χ4v) is 3.36. The first kappa shape index (κ1) is 16.3. The fraction of sp³-hybridized carbons (Fsp3) is 0.526. The molecule has 0 aromatic carbocycles. The molecule has 1 fully saturated rings. The number of hydrogen-bond acceptors (Lipinski definition) is 4. The third-order valence-electron chi connectivity index (χ3n) is 4.93. The summed E-state index contributed by atoms with van der Waals surface area (Å²) < 4.78 is 8.07. The van der Waals surface area contributed by atoms with Crippen LogP contribution >= 0.6 is 0 Å². The molecular formula is C19H24N4O2. The van der Waals surface area contributed by atoms with E-state index in [-0.39, 0.29) is 11.8 Å². The fourth-order valence-electron chi connectivity index (χ4n) is 3.36. The molecule has 0 unspecified atom stereocenters. The second kappa shape index (κ2) is 7.35. The summed E-state index contributed by atoms with van der Waals surface area (Å²) in [6, 6.07) is 3.93. The summed E-state index contributed by atoms with van der Waals surface area (Å²) in [5.74, 6) is 2.11. The van der Waals surface area contributed by atoms with Crippen molar-refractivity contribution in [3.05, 3.63) is 48.3 Å². The Balaban J connectivity index is 1.38. The number of pyridine rings is 1. The number of imidazole rings is 1. The van der Waals surface area contributed by atoms with E-state index in [1.165, 1.54) is 12.8 Å². The monoisotopic (exact) mass is 340 g/mol. The first-order valence-electron chi connectivity index (χ1n) is 9.02. The van der Waals surface area contributed by atoms with Crippen LogP contribution in [0.2, 0.25) is 0 Å². The zero-order valence-corrected chi connectivity index (χ0v) is 14.4. The van der Waals surface area contributed by atoms with E-state index in [1.54, 1.807) is 6.20 Å². The van der Waals surface area contributed by atoms with Crippen molar-refractivity contribution in [2.75, 3.05) is 13.2 Å². The molecule has 132 valence electrons. The molecule has 6 heteroatoms. The number of ether oxygens (including phenoxy) is 1. The lowest BCUT2D eigenvalue weighted by atomic mass is 10.1. The van der Waals surface area contributed by atoms with E-state index in [0.717, 1.165) is 24.5 Å². The molecule has 2 aromatic rings. The Morgan fingerprint density at radius 1 is 1.24 bits per heavy atom. The molecule has 0 spiro atoms. The smallest absolute Gasteiger partial charge is 0.223 e. The van der Waals surface area contributed by atoms with Crippen molar-refractivity contribution in [2.45, 2.75) is 39.0 Å². The van der Waals surface area contributed by atoms with Crippen LogP contribution in [0.3, 0.4) is 0 Å². The van der Waals surface area contributed by atoms with Gasteiger partial charge in [-0.1, -0.05) is 6.07 Å². The van der Waals surface area contributed by atoms with Crippen molar-refractivity contribution in [1.29, 1.82) is 0 Å². The number of carbonyl (C=O) groups excluding carboxylic acids is 1. The normalized spacial score (nSPS) is 20.2. The van der Waals surface area contributed by atoms with Crippen LogP contribution in [0.25, 0.3) is 0 Å². The van der Waals surface area contributed by atoms with E-state index in [0.29, 0.717) is 32.1 Å². The number of rotatable bonds is 6. The molecule has 1 aliphatic carbocycles. The SMILES string of the molecule is O=C(CC1CC1)N1Cc2nccn2C[C@@H](COCc2cccnc2)C1. The van der Waals surface area contributed by atoms with Crippen LogP contribution in [0.1, 0.15) is 30.7 Å². The largest absolute Gasteiger partial charge is 0.376 e. The van der Waals surface area contributed by atoms with Crippen molar-refractivity contribution >= 4 is 5.91 Å². The first-order chi connectivity index (χ1) is 12.3. The van der Waals surface area contributed by atoms with Gasteiger partial charge in [-0.2, -0.15) is 0 Å². The maximum absolute atomic E-state index is 12.6. The van der Waals surface area contributed by atoms with Crippen LogP contribution in [0, 0.1) is 11.8 Å². The van der Waals surface area contributed by atoms with Crippen LogP contribution in [-0.2, 0) is 29.2 Å². The number of fused-ring (bicyclic) bond motifs is 1. The molecular weight excluding hydrogens is 316 g/mol. The Labute approximate surface area is 147 Å². The lowest BCUT2D eigenvalue weighted by Crippen LogP contribution is -2.35. The highest BCUT2D eigenvalue weighted by atomic mass is 16.5. The first-order valence-corrected chi connectivity index (χ1v) is 9.02. The zero-order valence-electron chi connectivity index (χ0n) is 14.4. The molecule has 0 bridgehead atoms. The molecule has 1 saturated carbocycles. The Morgan fingerprint density at radius 2 is 2.16 bits per heavy atom. The van der Waals surface area contributed by atoms with Gasteiger partial charge in [0.15, 0.2) is 0 Å². The maximum Gasteiger partial charge on any atom is 0.223 e. The lowest BCUT2D eigenvalue weighted by molar-refractivity contribution is -0.133. The number of carbonyl (C=O) groups is 1. The van der Waals surface area contributed by atoms with E-state index < -0.39 is 0 Å². The molecule has 0 N–H and O–H groups in total. The average molecular weight is 340 g/mol. The van der Waals surface area contributed by atoms with Gasteiger partial charge < -0.3 is 14.2 Å². The zero-order chi connectivity index (χ0) is 17.1. The average Bonchev–Trinajstić information content (AvgIpc) is 3.37. The van der Waals surface area contributed by atoms with E-state index >= 15 is 0 Å². The summed E-state index contributed by atoms with van der Waals surface area (Å²) in [7, 11) is 0. The molecule has 0 radical (unpaired) electrons. The summed E-state index contributed by atoms with van der Waals surface area (Å²) in [4.78, 5) is 23.1. The molecule has 6 nitrogen and oxygen atoms in total. The van der Waals surface area contributed by atoms with Gasteiger partial charge in [0.05, 0.1) is 19.8 Å². The van der Waals surface area contributed by atoms with Crippen molar-refractivity contribution in [3.63, 3.8) is 0 Å². The van der Waals surface area contributed by atoms with E-state index in [4.69, 9.17) is 4.74 Å². The summed E-state index contributed by atoms with van der Waals surface area (Å²) in [5.41, 5.74) is 1.07. The summed E-state index contributed by atoms with van der Waals surface area (Å²) in [6.45, 7) is 3.37. The van der Waals surface area contributed by atoms with Gasteiger partial charge in [0.25, 0.3) is 0 Å². The van der Waals surface area contributed by atoms with Crippen molar-refractivity contribution < 1.29 is 9.53 Å². The molecule has 4 rings (SSSR count). The van der Waals surface area contributed by atoms with Crippen LogP contribution in [0.5, 0.6) is 0 Å². The topological polar surface area (TPSA) is 60.2 Å². The molecule has 0 saturated heterocycles. The molecule has 1 aliphatic heterocycles. The highest BCUT2D eigenvalue weighted by Crippen LogP contribution is 2.33. The van der Waals surface area contributed by atoms with Crippen LogP contribution < -0.4 is 0 Å². The highest BCUT2D eigenvalue weighted by Gasteiger charge is 2.30. The van der Waals surface area contributed by atoms with Gasteiger partial charge in [-0.3, -0.25) is 9.78 Å². The Hall–Kier alpha value is -2.21. The minimum absolute atomic E-state index is 0.260. The van der Waals surface area contributed by atoms with Gasteiger partial charge in [0.1, 0.15) is 5.82 Å².